The largest absolute Gasteiger partial charge is 0.508 e. The van der Waals surface area contributed by atoms with Gasteiger partial charge in [0, 0.05) is 45.0 Å². The molecule has 0 aromatic heterocycles. The zero-order valence-electron chi connectivity index (χ0n) is 24.9. The molecule has 8 N–H and O–H groups in total. The molecular weight excluding hydrogens is 562 g/mol. The number of nitrogens with zero attached hydrogens (tertiary/aromatic N) is 2. The van der Waals surface area contributed by atoms with Crippen molar-refractivity contribution in [3.8, 4) is 5.75 Å². The van der Waals surface area contributed by atoms with Gasteiger partial charge in [-0.2, -0.15) is 0 Å². The number of aliphatic hydroxyl groups is 3. The number of aromatic hydroxyl groups is 1. The van der Waals surface area contributed by atoms with Crippen LogP contribution in [0.1, 0.15) is 24.0 Å². The number of aliphatic hydroxyl groups excluding tert-OH is 2. The molecule has 0 radical (unpaired) electrons. The summed E-state index contributed by atoms with van der Waals surface area (Å²) in [4.78, 5) is 55.3. The normalized spacial score (nSPS) is 25.0. The van der Waals surface area contributed by atoms with Crippen molar-refractivity contribution in [1.82, 2.24) is 10.2 Å². The van der Waals surface area contributed by atoms with E-state index >= 15 is 0 Å². The van der Waals surface area contributed by atoms with Crippen molar-refractivity contribution in [2.24, 2.45) is 17.6 Å². The van der Waals surface area contributed by atoms with Crippen LogP contribution >= 0.6 is 0 Å². The Bertz CT molecular complexity index is 1430. The number of carbonyl (C=O) groups excluding carboxylic acids is 4. The molecule has 43 heavy (non-hydrogen) atoms. The molecule has 2 unspecified atom stereocenters. The molecule has 1 aromatic carbocycles. The first-order valence-corrected chi connectivity index (χ1v) is 13.9. The molecule has 0 spiro atoms. The first kappa shape index (κ1) is 31.9. The van der Waals surface area contributed by atoms with Gasteiger partial charge in [-0.3, -0.25) is 24.1 Å². The molecule has 0 bridgehead atoms. The highest BCUT2D eigenvalue weighted by Gasteiger charge is 2.64. The van der Waals surface area contributed by atoms with Crippen LogP contribution in [0.2, 0.25) is 0 Å². The van der Waals surface area contributed by atoms with Gasteiger partial charge in [-0.1, -0.05) is 0 Å². The van der Waals surface area contributed by atoms with Gasteiger partial charge < -0.3 is 46.4 Å². The van der Waals surface area contributed by atoms with Crippen molar-refractivity contribution in [1.29, 1.82) is 0 Å². The molecule has 1 fully saturated rings. The molecule has 3 aliphatic rings. The zero-order chi connectivity index (χ0) is 32.0. The van der Waals surface area contributed by atoms with Gasteiger partial charge in [0.2, 0.25) is 11.7 Å². The molecule has 234 valence electrons. The van der Waals surface area contributed by atoms with E-state index in [9.17, 15) is 39.6 Å². The van der Waals surface area contributed by atoms with Crippen molar-refractivity contribution in [2.75, 3.05) is 65.2 Å². The van der Waals surface area contributed by atoms with E-state index in [1.807, 2.05) is 0 Å². The summed E-state index contributed by atoms with van der Waals surface area (Å²) in [6.07, 6.45) is 0.801. The number of methoxy groups -OCH3 is 1. The van der Waals surface area contributed by atoms with E-state index < -0.39 is 69.7 Å². The van der Waals surface area contributed by atoms with Crippen LogP contribution in [0.25, 0.3) is 5.76 Å². The number of ether oxygens (including phenoxy) is 1. The summed E-state index contributed by atoms with van der Waals surface area (Å²) in [6, 6.07) is 0.399. The third-order valence-corrected chi connectivity index (χ3v) is 8.44. The first-order chi connectivity index (χ1) is 20.2. The number of phenolic OH excluding ortho intramolecular Hbond substituents is 1. The summed E-state index contributed by atoms with van der Waals surface area (Å²) in [5.74, 6) is -7.83. The van der Waals surface area contributed by atoms with Crippen LogP contribution in [0.3, 0.4) is 0 Å². The number of likely N-dealkylation sites (N-methyl/N-ethyl adjacent to an activating group) is 1. The van der Waals surface area contributed by atoms with Gasteiger partial charge in [0.25, 0.3) is 5.91 Å². The Morgan fingerprint density at radius 2 is 1.84 bits per heavy atom. The quantitative estimate of drug-likeness (QED) is 0.104. The molecule has 0 aliphatic heterocycles. The number of rotatable bonds is 10. The Hall–Kier alpha value is -3.98. The second-order valence-corrected chi connectivity index (χ2v) is 11.6. The van der Waals surface area contributed by atoms with Crippen molar-refractivity contribution in [3.05, 3.63) is 34.1 Å². The van der Waals surface area contributed by atoms with E-state index in [0.29, 0.717) is 30.8 Å². The molecule has 0 saturated heterocycles. The maximum absolute atomic E-state index is 14.1. The molecule has 1 saturated carbocycles. The number of hydrogen-bond acceptors (Lipinski definition) is 12. The Morgan fingerprint density at radius 1 is 1.16 bits per heavy atom. The molecule has 0 heterocycles. The smallest absolute Gasteiger partial charge is 0.255 e. The molecule has 3 aliphatic carbocycles. The lowest BCUT2D eigenvalue weighted by molar-refractivity contribution is -0.153. The summed E-state index contributed by atoms with van der Waals surface area (Å²) in [5, 5.41) is 51.2. The first-order valence-electron chi connectivity index (χ1n) is 13.9. The highest BCUT2D eigenvalue weighted by molar-refractivity contribution is 6.24. The fourth-order valence-corrected chi connectivity index (χ4v) is 6.52. The van der Waals surface area contributed by atoms with Crippen LogP contribution in [0.5, 0.6) is 5.75 Å². The van der Waals surface area contributed by atoms with E-state index in [0.717, 1.165) is 0 Å². The van der Waals surface area contributed by atoms with Crippen LogP contribution in [0.15, 0.2) is 23.0 Å². The summed E-state index contributed by atoms with van der Waals surface area (Å²) in [6.45, 7) is 0.998. The monoisotopic (exact) mass is 601 g/mol. The Morgan fingerprint density at radius 3 is 2.42 bits per heavy atom. The number of Topliss-reactive ketones (excluding diaryl/α,β-unsaturated/α-hetero) is 2. The lowest BCUT2D eigenvalue weighted by atomic mass is 9.57. The van der Waals surface area contributed by atoms with Gasteiger partial charge in [0.1, 0.15) is 22.8 Å². The van der Waals surface area contributed by atoms with Crippen LogP contribution in [-0.2, 0) is 30.3 Å². The molecule has 14 heteroatoms. The molecule has 1 aromatic rings. The lowest BCUT2D eigenvalue weighted by Gasteiger charge is -2.50. The Labute approximate surface area is 248 Å². The van der Waals surface area contributed by atoms with E-state index in [-0.39, 0.29) is 36.2 Å². The molecule has 2 amide bonds. The number of ketones is 2. The average Bonchev–Trinajstić information content (AvgIpc) is 2.91. The standard InChI is InChI=1S/C29H39N5O9/c1-33(2)17-11-16(32-18(35)12-31-7-6-8-43-5)23(36)20-14(17)9-13-10-15-22(34(3)4)25(38)21(28(30)41)27(40)29(15,42)26(39)19(13)24(20)37/h11,13,15,22,31,36-37,40,42H,6-10,12H2,1-5H3,(H2,30,41)(H,32,35)/t13?,15?,22-,29-/m0/s1. The van der Waals surface area contributed by atoms with Crippen LogP contribution in [0.4, 0.5) is 11.4 Å². The molecule has 4 atom stereocenters. The van der Waals surface area contributed by atoms with Gasteiger partial charge >= 0.3 is 0 Å². The second-order valence-electron chi connectivity index (χ2n) is 11.6. The third-order valence-electron chi connectivity index (χ3n) is 8.44. The number of primary amides is 1. The minimum Gasteiger partial charge on any atom is -0.508 e. The van der Waals surface area contributed by atoms with Gasteiger partial charge in [-0.05, 0) is 57.5 Å². The number of carbonyl (C=O) groups is 4. The fraction of sp³-hybridized carbons (Fsp3) is 0.517. The lowest BCUT2D eigenvalue weighted by Crippen LogP contribution is -2.65. The number of nitrogens with two attached hydrogens (primary N) is 1. The predicted octanol–water partition coefficient (Wildman–Crippen LogP) is -0.405. The number of hydrogen-bond donors (Lipinski definition) is 7. The number of amides is 2. The van der Waals surface area contributed by atoms with Gasteiger partial charge in [0.15, 0.2) is 11.4 Å². The van der Waals surface area contributed by atoms with E-state index in [2.05, 4.69) is 10.6 Å². The van der Waals surface area contributed by atoms with Gasteiger partial charge in [0.05, 0.1) is 23.8 Å². The minimum atomic E-state index is -2.73. The highest BCUT2D eigenvalue weighted by atomic mass is 16.5. The topological polar surface area (TPSA) is 215 Å². The van der Waals surface area contributed by atoms with E-state index in [4.69, 9.17) is 10.5 Å². The summed E-state index contributed by atoms with van der Waals surface area (Å²) >= 11 is 0. The van der Waals surface area contributed by atoms with Crippen molar-refractivity contribution in [3.63, 3.8) is 0 Å². The number of anilines is 2. The van der Waals surface area contributed by atoms with Crippen molar-refractivity contribution < 1.29 is 44.3 Å². The zero-order valence-corrected chi connectivity index (χ0v) is 24.9. The molecular formula is C29H39N5O9. The Balaban J connectivity index is 1.82. The Kier molecular flexibility index (Phi) is 8.88. The number of fused-ring (bicyclic) bond motifs is 3. The van der Waals surface area contributed by atoms with Gasteiger partial charge in [-0.15, -0.1) is 0 Å². The summed E-state index contributed by atoms with van der Waals surface area (Å²) < 4.78 is 4.98. The number of phenols is 1. The highest BCUT2D eigenvalue weighted by Crippen LogP contribution is 2.54. The molecule has 14 nitrogen and oxygen atoms in total. The van der Waals surface area contributed by atoms with Crippen molar-refractivity contribution in [2.45, 2.75) is 30.9 Å². The average molecular weight is 602 g/mol. The fourth-order valence-electron chi connectivity index (χ4n) is 6.52. The second kappa shape index (κ2) is 12.0. The SMILES string of the molecule is COCCCNCC(=O)Nc1cc(N(C)C)c2c(c1O)C(O)=C1C(=O)[C@]3(O)C(O)=C(C(N)=O)C(=O)[C@@H](N(C)C)C3CC1C2. The van der Waals surface area contributed by atoms with Crippen molar-refractivity contribution >= 4 is 40.5 Å². The number of nitrogens with one attached hydrogen (secondary N) is 2. The summed E-state index contributed by atoms with van der Waals surface area (Å²) in [7, 11) is 8.15. The number of benzene rings is 1. The minimum absolute atomic E-state index is 0.00807. The summed E-state index contributed by atoms with van der Waals surface area (Å²) in [5.41, 5.74) is 2.42. The van der Waals surface area contributed by atoms with Gasteiger partial charge in [-0.25, -0.2) is 0 Å². The van der Waals surface area contributed by atoms with Crippen LogP contribution in [0, 0.1) is 11.8 Å². The van der Waals surface area contributed by atoms with Crippen LogP contribution in [-0.4, -0.2) is 115 Å². The van der Waals surface area contributed by atoms with Crippen LogP contribution < -0.4 is 21.3 Å². The third kappa shape index (κ3) is 5.24. The molecule has 4 rings (SSSR count). The van der Waals surface area contributed by atoms with E-state index in [1.54, 1.807) is 46.3 Å². The maximum atomic E-state index is 14.1. The maximum Gasteiger partial charge on any atom is 0.255 e. The van der Waals surface area contributed by atoms with E-state index in [1.165, 1.54) is 4.90 Å². The predicted molar refractivity (Wildman–Crippen MR) is 157 cm³/mol.